The first kappa shape index (κ1) is 17.0. The molecule has 0 aliphatic carbocycles. The molecule has 126 valence electrons. The van der Waals surface area contributed by atoms with E-state index < -0.39 is 17.1 Å². The van der Waals surface area contributed by atoms with Crippen LogP contribution in [0.4, 0.5) is 4.79 Å². The fourth-order valence-electron chi connectivity index (χ4n) is 3.14. The molecular weight excluding hydrogens is 286 g/mol. The predicted octanol–water partition coefficient (Wildman–Crippen LogP) is 0.746. The Morgan fingerprint density at radius 2 is 1.91 bits per heavy atom. The first-order valence-corrected chi connectivity index (χ1v) is 7.87. The molecule has 7 heteroatoms. The maximum atomic E-state index is 12.1. The molecule has 0 aromatic rings. The van der Waals surface area contributed by atoms with Crippen molar-refractivity contribution in [2.75, 3.05) is 39.3 Å². The van der Waals surface area contributed by atoms with Crippen molar-refractivity contribution in [3.05, 3.63) is 0 Å². The third kappa shape index (κ3) is 4.10. The van der Waals surface area contributed by atoms with Crippen LogP contribution in [-0.4, -0.2) is 77.4 Å². The van der Waals surface area contributed by atoms with Crippen LogP contribution in [-0.2, 0) is 9.53 Å². The van der Waals surface area contributed by atoms with E-state index in [2.05, 4.69) is 10.2 Å². The number of hydrogen-bond acceptors (Lipinski definition) is 5. The lowest BCUT2D eigenvalue weighted by Gasteiger charge is -2.54. The van der Waals surface area contributed by atoms with Crippen LogP contribution in [0.5, 0.6) is 0 Å². The summed E-state index contributed by atoms with van der Waals surface area (Å²) in [5.74, 6) is -0.818. The lowest BCUT2D eigenvalue weighted by Crippen LogP contribution is -2.72. The van der Waals surface area contributed by atoms with Gasteiger partial charge in [-0.15, -0.1) is 0 Å². The van der Waals surface area contributed by atoms with Gasteiger partial charge in [-0.05, 0) is 33.7 Å². The molecule has 1 amide bonds. The summed E-state index contributed by atoms with van der Waals surface area (Å²) in [6, 6.07) is 0. The fraction of sp³-hybridized carbons (Fsp3) is 0.867. The largest absolute Gasteiger partial charge is 0.481 e. The normalized spacial score (nSPS) is 22.6. The first-order valence-electron chi connectivity index (χ1n) is 7.87. The van der Waals surface area contributed by atoms with Crippen LogP contribution in [0.2, 0.25) is 0 Å². The second kappa shape index (κ2) is 6.42. The molecule has 0 radical (unpaired) electrons. The number of carbonyl (C=O) groups excluding carboxylic acids is 1. The van der Waals surface area contributed by atoms with Gasteiger partial charge in [-0.25, -0.2) is 4.79 Å². The summed E-state index contributed by atoms with van der Waals surface area (Å²) >= 11 is 0. The van der Waals surface area contributed by atoms with Gasteiger partial charge in [0.2, 0.25) is 0 Å². The minimum Gasteiger partial charge on any atom is -0.481 e. The highest BCUT2D eigenvalue weighted by Crippen LogP contribution is 2.33. The van der Waals surface area contributed by atoms with Gasteiger partial charge in [0, 0.05) is 32.7 Å². The average Bonchev–Trinajstić information content (AvgIpc) is 2.59. The van der Waals surface area contributed by atoms with Gasteiger partial charge >= 0.3 is 12.1 Å². The van der Waals surface area contributed by atoms with Gasteiger partial charge in [-0.2, -0.15) is 0 Å². The van der Waals surface area contributed by atoms with E-state index in [1.807, 2.05) is 20.8 Å². The number of nitrogens with zero attached hydrogens (tertiary/aromatic N) is 2. The minimum atomic E-state index is -0.818. The van der Waals surface area contributed by atoms with E-state index in [-0.39, 0.29) is 12.5 Å². The molecule has 2 rings (SSSR count). The van der Waals surface area contributed by atoms with Crippen LogP contribution in [0.25, 0.3) is 0 Å². The summed E-state index contributed by atoms with van der Waals surface area (Å²) in [5.41, 5.74) is -0.983. The third-order valence-electron chi connectivity index (χ3n) is 4.11. The second-order valence-corrected chi connectivity index (χ2v) is 7.22. The van der Waals surface area contributed by atoms with E-state index in [0.717, 1.165) is 32.6 Å². The smallest absolute Gasteiger partial charge is 0.410 e. The van der Waals surface area contributed by atoms with Crippen molar-refractivity contribution in [2.45, 2.75) is 44.8 Å². The second-order valence-electron chi connectivity index (χ2n) is 7.22. The molecule has 0 atom stereocenters. The summed E-state index contributed by atoms with van der Waals surface area (Å²) in [6.07, 6.45) is 0.696. The van der Waals surface area contributed by atoms with Crippen LogP contribution in [0.15, 0.2) is 0 Å². The number of carboxylic acid groups (broad SMARTS) is 1. The molecule has 2 aliphatic rings. The molecule has 7 nitrogen and oxygen atoms in total. The summed E-state index contributed by atoms with van der Waals surface area (Å²) < 4.78 is 5.36. The molecule has 0 aromatic carbocycles. The van der Waals surface area contributed by atoms with Crippen LogP contribution in [0.1, 0.15) is 33.6 Å². The zero-order valence-electron chi connectivity index (χ0n) is 13.7. The monoisotopic (exact) mass is 313 g/mol. The number of carboxylic acids is 1. The molecule has 2 saturated heterocycles. The van der Waals surface area contributed by atoms with Crippen LogP contribution in [0, 0.1) is 0 Å². The lowest BCUT2D eigenvalue weighted by atomic mass is 9.84. The van der Waals surface area contributed by atoms with E-state index in [9.17, 15) is 14.7 Å². The summed E-state index contributed by atoms with van der Waals surface area (Å²) in [7, 11) is 0. The Morgan fingerprint density at radius 1 is 1.23 bits per heavy atom. The van der Waals surface area contributed by atoms with Crippen molar-refractivity contribution >= 4 is 12.1 Å². The Labute approximate surface area is 131 Å². The van der Waals surface area contributed by atoms with Gasteiger partial charge in [0.05, 0.1) is 12.0 Å². The first-order chi connectivity index (χ1) is 10.2. The highest BCUT2D eigenvalue weighted by atomic mass is 16.6. The standard InChI is InChI=1S/C15H27N3O4/c1-14(2,3)22-13(21)17-10-15(11-17,9-12(19)20)18-7-4-5-16-6-8-18/h16H,4-11H2,1-3H3,(H,19,20). The Kier molecular flexibility index (Phi) is 4.97. The topological polar surface area (TPSA) is 82.1 Å². The van der Waals surface area contributed by atoms with Gasteiger partial charge in [-0.1, -0.05) is 0 Å². The van der Waals surface area contributed by atoms with Crippen molar-refractivity contribution < 1.29 is 19.4 Å². The highest BCUT2D eigenvalue weighted by molar-refractivity contribution is 5.73. The molecule has 0 spiro atoms. The van der Waals surface area contributed by atoms with Crippen LogP contribution >= 0.6 is 0 Å². The van der Waals surface area contributed by atoms with Gasteiger partial charge < -0.3 is 20.1 Å². The number of aliphatic carboxylic acids is 1. The summed E-state index contributed by atoms with van der Waals surface area (Å²) in [5, 5.41) is 12.6. The van der Waals surface area contributed by atoms with Crippen molar-refractivity contribution in [3.8, 4) is 0 Å². The SMILES string of the molecule is CC(C)(C)OC(=O)N1CC(CC(=O)O)(N2CCCNCC2)C1. The Morgan fingerprint density at radius 3 is 2.50 bits per heavy atom. The van der Waals surface area contributed by atoms with Crippen molar-refractivity contribution in [3.63, 3.8) is 0 Å². The number of ether oxygens (including phenoxy) is 1. The van der Waals surface area contributed by atoms with Gasteiger partial charge in [-0.3, -0.25) is 9.69 Å². The van der Waals surface area contributed by atoms with Crippen molar-refractivity contribution in [1.82, 2.24) is 15.1 Å². The van der Waals surface area contributed by atoms with Crippen LogP contribution < -0.4 is 5.32 Å². The number of likely N-dealkylation sites (tertiary alicyclic amines) is 1. The summed E-state index contributed by atoms with van der Waals surface area (Å²) in [4.78, 5) is 27.2. The predicted molar refractivity (Wildman–Crippen MR) is 81.9 cm³/mol. The Bertz CT molecular complexity index is 419. The number of nitrogens with one attached hydrogen (secondary N) is 1. The molecule has 0 bridgehead atoms. The maximum absolute atomic E-state index is 12.1. The molecular formula is C15H27N3O4. The number of rotatable bonds is 3. The molecule has 2 fully saturated rings. The van der Waals surface area contributed by atoms with Gasteiger partial charge in [0.25, 0.3) is 0 Å². The van der Waals surface area contributed by atoms with Crippen molar-refractivity contribution in [2.24, 2.45) is 0 Å². The fourth-order valence-corrected chi connectivity index (χ4v) is 3.14. The molecule has 2 aliphatic heterocycles. The quantitative estimate of drug-likeness (QED) is 0.800. The summed E-state index contributed by atoms with van der Waals surface area (Å²) in [6.45, 7) is 9.82. The zero-order valence-corrected chi connectivity index (χ0v) is 13.7. The zero-order chi connectivity index (χ0) is 16.4. The third-order valence-corrected chi connectivity index (χ3v) is 4.11. The molecule has 0 aromatic heterocycles. The number of amides is 1. The van der Waals surface area contributed by atoms with Gasteiger partial charge in [0.15, 0.2) is 0 Å². The Hall–Kier alpha value is -1.34. The van der Waals surface area contributed by atoms with E-state index in [1.54, 1.807) is 4.90 Å². The van der Waals surface area contributed by atoms with E-state index >= 15 is 0 Å². The van der Waals surface area contributed by atoms with Gasteiger partial charge in [0.1, 0.15) is 5.60 Å². The van der Waals surface area contributed by atoms with Crippen molar-refractivity contribution in [1.29, 1.82) is 0 Å². The molecule has 0 unspecified atom stereocenters. The van der Waals surface area contributed by atoms with E-state index in [1.165, 1.54) is 0 Å². The Balaban J connectivity index is 2.01. The van der Waals surface area contributed by atoms with E-state index in [0.29, 0.717) is 13.1 Å². The number of carbonyl (C=O) groups is 2. The molecule has 2 heterocycles. The highest BCUT2D eigenvalue weighted by Gasteiger charge is 2.51. The molecule has 0 saturated carbocycles. The number of hydrogen-bond donors (Lipinski definition) is 2. The minimum absolute atomic E-state index is 0.0618. The maximum Gasteiger partial charge on any atom is 0.410 e. The molecule has 22 heavy (non-hydrogen) atoms. The lowest BCUT2D eigenvalue weighted by molar-refractivity contribution is -0.145. The average molecular weight is 313 g/mol. The molecule has 2 N–H and O–H groups in total. The van der Waals surface area contributed by atoms with E-state index in [4.69, 9.17) is 4.74 Å². The van der Waals surface area contributed by atoms with Crippen LogP contribution in [0.3, 0.4) is 0 Å².